The summed E-state index contributed by atoms with van der Waals surface area (Å²) in [5, 5.41) is 20.2. The molecule has 0 spiro atoms. The number of benzene rings is 3. The van der Waals surface area contributed by atoms with E-state index in [9.17, 15) is 43.5 Å². The van der Waals surface area contributed by atoms with E-state index < -0.39 is 66.1 Å². The average molecular weight is 911 g/mol. The zero-order valence-electron chi connectivity index (χ0n) is 38.6. The van der Waals surface area contributed by atoms with E-state index in [4.69, 9.17) is 11.5 Å². The van der Waals surface area contributed by atoms with Gasteiger partial charge in [0, 0.05) is 36.8 Å². The number of carbonyl (C=O) groups is 8. The van der Waals surface area contributed by atoms with Gasteiger partial charge in [0.05, 0.1) is 6.42 Å². The molecule has 15 heteroatoms. The van der Waals surface area contributed by atoms with Crippen molar-refractivity contribution >= 4 is 47.2 Å². The van der Waals surface area contributed by atoms with Crippen LogP contribution in [-0.4, -0.2) is 76.5 Å². The minimum atomic E-state index is -1.27. The molecule has 0 radical (unpaired) electrons. The van der Waals surface area contributed by atoms with Crippen molar-refractivity contribution in [2.24, 2.45) is 17.4 Å². The van der Waals surface area contributed by atoms with Crippen molar-refractivity contribution in [2.75, 3.05) is 0 Å². The fourth-order valence-electron chi connectivity index (χ4n) is 7.55. The summed E-state index contributed by atoms with van der Waals surface area (Å²) in [6.07, 6.45) is 12.3. The zero-order valence-corrected chi connectivity index (χ0v) is 38.6. The molecule has 15 nitrogen and oxygen atoms in total. The second-order valence-electron chi connectivity index (χ2n) is 17.1. The lowest BCUT2D eigenvalue weighted by molar-refractivity contribution is -0.142. The van der Waals surface area contributed by atoms with Crippen LogP contribution in [0.1, 0.15) is 144 Å². The fourth-order valence-corrected chi connectivity index (χ4v) is 7.55. The Labute approximate surface area is 389 Å². The van der Waals surface area contributed by atoms with E-state index in [-0.39, 0.29) is 36.9 Å². The zero-order chi connectivity index (χ0) is 48.3. The smallest absolute Gasteiger partial charge is 0.326 e. The van der Waals surface area contributed by atoms with Crippen LogP contribution in [0.5, 0.6) is 0 Å². The summed E-state index contributed by atoms with van der Waals surface area (Å²) in [5.74, 6) is -4.90. The summed E-state index contributed by atoms with van der Waals surface area (Å²) in [5.41, 5.74) is 13.5. The van der Waals surface area contributed by atoms with Crippen molar-refractivity contribution in [3.63, 3.8) is 0 Å². The van der Waals surface area contributed by atoms with Gasteiger partial charge in [-0.1, -0.05) is 169 Å². The van der Waals surface area contributed by atoms with E-state index >= 15 is 0 Å². The fraction of sp³-hybridized carbons (Fsp3) is 0.490. The molecule has 0 heterocycles. The molecule has 0 aliphatic rings. The Bertz CT molecular complexity index is 2010. The number of unbranched alkanes of at least 4 members (excludes halogenated alkanes) is 11. The van der Waals surface area contributed by atoms with Crippen molar-refractivity contribution < 1.29 is 43.5 Å². The second-order valence-corrected chi connectivity index (χ2v) is 17.1. The number of ketones is 1. The number of rotatable bonds is 33. The molecule has 9 N–H and O–H groups in total. The molecule has 0 aliphatic carbocycles. The van der Waals surface area contributed by atoms with E-state index in [0.29, 0.717) is 42.4 Å². The summed E-state index contributed by atoms with van der Waals surface area (Å²) < 4.78 is 0. The van der Waals surface area contributed by atoms with Gasteiger partial charge in [-0.25, -0.2) is 4.79 Å². The van der Waals surface area contributed by atoms with Gasteiger partial charge < -0.3 is 37.8 Å². The van der Waals surface area contributed by atoms with Crippen molar-refractivity contribution in [3.8, 4) is 0 Å². The van der Waals surface area contributed by atoms with Crippen LogP contribution >= 0.6 is 0 Å². The maximum atomic E-state index is 13.4. The van der Waals surface area contributed by atoms with Gasteiger partial charge in [0.15, 0.2) is 5.78 Å². The number of hydrogen-bond donors (Lipinski definition) is 7. The summed E-state index contributed by atoms with van der Waals surface area (Å²) in [7, 11) is 0. The maximum Gasteiger partial charge on any atom is 0.326 e. The van der Waals surface area contributed by atoms with Gasteiger partial charge in [-0.15, -0.1) is 0 Å². The van der Waals surface area contributed by atoms with Gasteiger partial charge >= 0.3 is 5.97 Å². The molecular weight excluding hydrogens is 841 g/mol. The third-order valence-electron chi connectivity index (χ3n) is 11.7. The molecule has 358 valence electrons. The number of hydrogen-bond acceptors (Lipinski definition) is 8. The molecule has 0 aromatic heterocycles. The average Bonchev–Trinajstić information content (AvgIpc) is 3.30. The van der Waals surface area contributed by atoms with E-state index in [0.717, 1.165) is 69.8 Å². The van der Waals surface area contributed by atoms with E-state index in [1.807, 2.05) is 19.9 Å². The number of carboxylic acid groups (broad SMARTS) is 1. The molecule has 0 aliphatic heterocycles. The van der Waals surface area contributed by atoms with Gasteiger partial charge in [0.2, 0.25) is 35.4 Å². The summed E-state index contributed by atoms with van der Waals surface area (Å²) >= 11 is 0. The van der Waals surface area contributed by atoms with Gasteiger partial charge in [-0.05, 0) is 29.9 Å². The van der Waals surface area contributed by atoms with Crippen LogP contribution in [0.2, 0.25) is 0 Å². The molecule has 0 saturated carbocycles. The van der Waals surface area contributed by atoms with Crippen LogP contribution in [0, 0.1) is 5.92 Å². The van der Waals surface area contributed by atoms with Crippen LogP contribution in [0.4, 0.5) is 0 Å². The second kappa shape index (κ2) is 29.9. The highest BCUT2D eigenvalue weighted by Crippen LogP contribution is 2.16. The molecule has 0 unspecified atom stereocenters. The minimum absolute atomic E-state index is 0.0401. The van der Waals surface area contributed by atoms with Crippen molar-refractivity contribution in [2.45, 2.75) is 154 Å². The van der Waals surface area contributed by atoms with Crippen molar-refractivity contribution in [3.05, 3.63) is 107 Å². The molecule has 3 rings (SSSR count). The maximum absolute atomic E-state index is 13.4. The summed E-state index contributed by atoms with van der Waals surface area (Å²) in [4.78, 5) is 100. The SMILES string of the molecule is CC[C@H](C)[C@H](NC(=O)CCCCCCCCCCCCCCC(=O)N[C@@H](CC(N)=O)C(=O)N[C@@H](Cc1ccccc1)C(=O)O)C(=O)N[C@@H](Cc1ccc(C(=O)c2ccccc2)cc1)C(N)=O. The normalized spacial score (nSPS) is 13.2. The molecule has 3 aromatic rings. The molecule has 0 bridgehead atoms. The molecule has 3 aromatic carbocycles. The number of nitrogens with one attached hydrogen (secondary N) is 4. The lowest BCUT2D eigenvalue weighted by Gasteiger charge is -2.26. The van der Waals surface area contributed by atoms with Crippen LogP contribution in [0.25, 0.3) is 0 Å². The molecule has 6 amide bonds. The van der Waals surface area contributed by atoms with Gasteiger partial charge in [0.1, 0.15) is 24.2 Å². The lowest BCUT2D eigenvalue weighted by Crippen LogP contribution is -2.55. The molecule has 0 saturated heterocycles. The van der Waals surface area contributed by atoms with E-state index in [2.05, 4.69) is 21.3 Å². The highest BCUT2D eigenvalue weighted by atomic mass is 16.4. The quantitative estimate of drug-likeness (QED) is 0.0296. The first-order chi connectivity index (χ1) is 31.7. The largest absolute Gasteiger partial charge is 0.480 e. The standard InChI is InChI=1S/C51H70N6O9/c1-3-35(2)46(50(64)55-40(48(53)62)32-37-28-30-39(31-29-37)47(61)38-24-18-15-19-25-38)57-45(60)27-21-13-11-9-7-5-4-6-8-10-12-20-26-44(59)54-41(34-43(52)58)49(63)56-42(51(65)66)33-36-22-16-14-17-23-36/h14-19,22-25,28-31,35,40-42,46H,3-13,20-21,26-27,32-34H2,1-2H3,(H2,52,58)(H2,53,62)(H,54,59)(H,55,64)(H,56,63)(H,57,60)(H,65,66)/t35-,40-,41-,42-,46-/m0/s1. The third kappa shape index (κ3) is 20.6. The third-order valence-corrected chi connectivity index (χ3v) is 11.7. The first-order valence-electron chi connectivity index (χ1n) is 23.4. The first kappa shape index (κ1) is 54.0. The molecule has 66 heavy (non-hydrogen) atoms. The predicted molar refractivity (Wildman–Crippen MR) is 253 cm³/mol. The Morgan fingerprint density at radius 2 is 0.955 bits per heavy atom. The minimum Gasteiger partial charge on any atom is -0.480 e. The number of nitrogens with two attached hydrogens (primary N) is 2. The van der Waals surface area contributed by atoms with E-state index in [1.165, 1.54) is 0 Å². The Hall–Kier alpha value is -6.38. The molecule has 5 atom stereocenters. The van der Waals surface area contributed by atoms with Crippen LogP contribution in [-0.2, 0) is 46.4 Å². The number of aliphatic carboxylic acids is 1. The summed E-state index contributed by atoms with van der Waals surface area (Å²) in [6.45, 7) is 3.81. The Kier molecular flexibility index (Phi) is 24.5. The Morgan fingerprint density at radius 1 is 0.515 bits per heavy atom. The van der Waals surface area contributed by atoms with Crippen LogP contribution in [0.15, 0.2) is 84.9 Å². The first-order valence-corrected chi connectivity index (χ1v) is 23.4. The van der Waals surface area contributed by atoms with Crippen molar-refractivity contribution in [1.29, 1.82) is 0 Å². The lowest BCUT2D eigenvalue weighted by atomic mass is 9.96. The highest BCUT2D eigenvalue weighted by molar-refractivity contribution is 6.09. The van der Waals surface area contributed by atoms with Gasteiger partial charge in [-0.3, -0.25) is 33.6 Å². The number of carbonyl (C=O) groups excluding carboxylic acids is 7. The van der Waals surface area contributed by atoms with Gasteiger partial charge in [-0.2, -0.15) is 0 Å². The highest BCUT2D eigenvalue weighted by Gasteiger charge is 2.30. The van der Waals surface area contributed by atoms with Crippen LogP contribution in [0.3, 0.4) is 0 Å². The summed E-state index contributed by atoms with van der Waals surface area (Å²) in [6, 6.07) is 20.2. The molecule has 0 fully saturated rings. The predicted octanol–water partition coefficient (Wildman–Crippen LogP) is 5.59. The number of primary amides is 2. The molecular formula is C51H70N6O9. The van der Waals surface area contributed by atoms with Gasteiger partial charge in [0.25, 0.3) is 0 Å². The Balaban J connectivity index is 1.26. The monoisotopic (exact) mass is 911 g/mol. The number of amides is 6. The van der Waals surface area contributed by atoms with Crippen LogP contribution < -0.4 is 32.7 Å². The number of carboxylic acids is 1. The van der Waals surface area contributed by atoms with Crippen molar-refractivity contribution in [1.82, 2.24) is 21.3 Å². The van der Waals surface area contributed by atoms with E-state index in [1.54, 1.807) is 78.9 Å². The topological polar surface area (TPSA) is 257 Å². The Morgan fingerprint density at radius 3 is 1.44 bits per heavy atom.